The highest BCUT2D eigenvalue weighted by atomic mass is 15.1. The van der Waals surface area contributed by atoms with Crippen molar-refractivity contribution in [3.05, 3.63) is 29.1 Å². The van der Waals surface area contributed by atoms with E-state index in [9.17, 15) is 0 Å². The molecule has 1 aromatic heterocycles. The molecule has 0 amide bonds. The number of piperidine rings is 1. The SMILES string of the molecule is Cc1cc2nc(CC3CCCNC3)n(C)c2cc1C. The summed E-state index contributed by atoms with van der Waals surface area (Å²) in [6, 6.07) is 4.48. The summed E-state index contributed by atoms with van der Waals surface area (Å²) in [6.07, 6.45) is 3.72. The van der Waals surface area contributed by atoms with Gasteiger partial charge in [0, 0.05) is 13.5 Å². The number of aromatic nitrogens is 2. The Morgan fingerprint density at radius 3 is 2.84 bits per heavy atom. The molecule has 1 unspecified atom stereocenters. The lowest BCUT2D eigenvalue weighted by Gasteiger charge is -2.22. The summed E-state index contributed by atoms with van der Waals surface area (Å²) in [4.78, 5) is 4.84. The highest BCUT2D eigenvalue weighted by Crippen LogP contribution is 2.22. The Morgan fingerprint density at radius 1 is 1.32 bits per heavy atom. The monoisotopic (exact) mass is 257 g/mol. The van der Waals surface area contributed by atoms with Crippen LogP contribution < -0.4 is 5.32 Å². The minimum atomic E-state index is 0.742. The maximum absolute atomic E-state index is 4.84. The van der Waals surface area contributed by atoms with E-state index in [1.54, 1.807) is 0 Å². The van der Waals surface area contributed by atoms with Gasteiger partial charge >= 0.3 is 0 Å². The molecule has 1 aliphatic rings. The third kappa shape index (κ3) is 2.39. The van der Waals surface area contributed by atoms with Crippen molar-refractivity contribution in [2.45, 2.75) is 33.1 Å². The molecule has 3 nitrogen and oxygen atoms in total. The first-order chi connectivity index (χ1) is 9.15. The van der Waals surface area contributed by atoms with Crippen LogP contribution in [0, 0.1) is 19.8 Å². The van der Waals surface area contributed by atoms with E-state index < -0.39 is 0 Å². The van der Waals surface area contributed by atoms with Crippen LogP contribution in [-0.4, -0.2) is 22.6 Å². The summed E-state index contributed by atoms with van der Waals surface area (Å²) >= 11 is 0. The third-order valence-corrected chi connectivity index (χ3v) is 4.46. The molecule has 1 N–H and O–H groups in total. The molecular formula is C16H23N3. The fourth-order valence-corrected chi connectivity index (χ4v) is 3.04. The van der Waals surface area contributed by atoms with Gasteiger partial charge < -0.3 is 9.88 Å². The molecule has 19 heavy (non-hydrogen) atoms. The normalized spacial score (nSPS) is 20.1. The number of rotatable bonds is 2. The maximum Gasteiger partial charge on any atom is 0.109 e. The number of benzene rings is 1. The average molecular weight is 257 g/mol. The summed E-state index contributed by atoms with van der Waals surface area (Å²) in [5, 5.41) is 3.49. The lowest BCUT2D eigenvalue weighted by molar-refractivity contribution is 0.368. The molecule has 0 bridgehead atoms. The Morgan fingerprint density at radius 2 is 2.11 bits per heavy atom. The largest absolute Gasteiger partial charge is 0.331 e. The standard InChI is InChI=1S/C16H23N3/c1-11-7-14-15(8-12(11)2)19(3)16(18-14)9-13-5-4-6-17-10-13/h7-8,13,17H,4-6,9-10H2,1-3H3. The Bertz CT molecular complexity index is 592. The van der Waals surface area contributed by atoms with E-state index >= 15 is 0 Å². The topological polar surface area (TPSA) is 29.9 Å². The van der Waals surface area contributed by atoms with Gasteiger partial charge in [-0.15, -0.1) is 0 Å². The second kappa shape index (κ2) is 4.97. The van der Waals surface area contributed by atoms with Gasteiger partial charge in [-0.3, -0.25) is 0 Å². The zero-order valence-corrected chi connectivity index (χ0v) is 12.2. The van der Waals surface area contributed by atoms with Crippen LogP contribution in [0.25, 0.3) is 11.0 Å². The summed E-state index contributed by atoms with van der Waals surface area (Å²) in [5.74, 6) is 1.97. The van der Waals surface area contributed by atoms with Crippen LogP contribution in [0.15, 0.2) is 12.1 Å². The summed E-state index contributed by atoms with van der Waals surface area (Å²) in [5.41, 5.74) is 5.09. The second-order valence-corrected chi connectivity index (χ2v) is 5.93. The van der Waals surface area contributed by atoms with Crippen LogP contribution in [0.4, 0.5) is 0 Å². The average Bonchev–Trinajstić information content (AvgIpc) is 2.69. The van der Waals surface area contributed by atoms with Crippen LogP contribution in [0.5, 0.6) is 0 Å². The lowest BCUT2D eigenvalue weighted by Crippen LogP contribution is -2.31. The predicted molar refractivity (Wildman–Crippen MR) is 79.5 cm³/mol. The Hall–Kier alpha value is -1.35. The van der Waals surface area contributed by atoms with E-state index in [0.717, 1.165) is 24.4 Å². The lowest BCUT2D eigenvalue weighted by atomic mass is 9.96. The van der Waals surface area contributed by atoms with Gasteiger partial charge in [-0.25, -0.2) is 4.98 Å². The van der Waals surface area contributed by atoms with Gasteiger partial charge in [0.2, 0.25) is 0 Å². The first kappa shape index (κ1) is 12.7. The molecule has 0 aliphatic carbocycles. The number of nitrogens with zero attached hydrogens (tertiary/aromatic N) is 2. The number of nitrogens with one attached hydrogen (secondary N) is 1. The Kier molecular flexibility index (Phi) is 3.31. The number of imidazole rings is 1. The van der Waals surface area contributed by atoms with Crippen LogP contribution in [-0.2, 0) is 13.5 Å². The predicted octanol–water partition coefficient (Wildman–Crippen LogP) is 2.73. The molecule has 3 heteroatoms. The van der Waals surface area contributed by atoms with Gasteiger partial charge in [0.1, 0.15) is 5.82 Å². The van der Waals surface area contributed by atoms with Crippen LogP contribution in [0.2, 0.25) is 0 Å². The van der Waals surface area contributed by atoms with E-state index in [0.29, 0.717) is 0 Å². The molecule has 1 saturated heterocycles. The molecule has 1 fully saturated rings. The summed E-state index contributed by atoms with van der Waals surface area (Å²) in [7, 11) is 2.15. The zero-order valence-electron chi connectivity index (χ0n) is 12.2. The van der Waals surface area contributed by atoms with Crippen molar-refractivity contribution >= 4 is 11.0 Å². The van der Waals surface area contributed by atoms with Crippen LogP contribution in [0.1, 0.15) is 29.8 Å². The number of aryl methyl sites for hydroxylation is 3. The quantitative estimate of drug-likeness (QED) is 0.896. The van der Waals surface area contributed by atoms with Crippen molar-refractivity contribution < 1.29 is 0 Å². The summed E-state index contributed by atoms with van der Waals surface area (Å²) < 4.78 is 2.27. The first-order valence-corrected chi connectivity index (χ1v) is 7.28. The molecule has 2 heterocycles. The van der Waals surface area contributed by atoms with Crippen LogP contribution >= 0.6 is 0 Å². The second-order valence-electron chi connectivity index (χ2n) is 5.93. The van der Waals surface area contributed by atoms with Gasteiger partial charge in [0.15, 0.2) is 0 Å². The summed E-state index contributed by atoms with van der Waals surface area (Å²) in [6.45, 7) is 6.65. The van der Waals surface area contributed by atoms with Crippen molar-refractivity contribution in [3.63, 3.8) is 0 Å². The van der Waals surface area contributed by atoms with Crippen LogP contribution in [0.3, 0.4) is 0 Å². The minimum absolute atomic E-state index is 0.742. The molecule has 2 aromatic rings. The fourth-order valence-electron chi connectivity index (χ4n) is 3.04. The van der Waals surface area contributed by atoms with Crippen molar-refractivity contribution in [3.8, 4) is 0 Å². The van der Waals surface area contributed by atoms with Crippen molar-refractivity contribution in [1.29, 1.82) is 0 Å². The van der Waals surface area contributed by atoms with Crippen molar-refractivity contribution in [2.24, 2.45) is 13.0 Å². The molecule has 3 rings (SSSR count). The van der Waals surface area contributed by atoms with E-state index in [-0.39, 0.29) is 0 Å². The maximum atomic E-state index is 4.84. The Labute approximate surface area is 115 Å². The third-order valence-electron chi connectivity index (χ3n) is 4.46. The number of hydrogen-bond acceptors (Lipinski definition) is 2. The number of hydrogen-bond donors (Lipinski definition) is 1. The fraction of sp³-hybridized carbons (Fsp3) is 0.562. The van der Waals surface area contributed by atoms with E-state index in [1.165, 1.54) is 41.9 Å². The van der Waals surface area contributed by atoms with Gasteiger partial charge in [0.05, 0.1) is 11.0 Å². The molecule has 0 radical (unpaired) electrons. The number of fused-ring (bicyclic) bond motifs is 1. The Balaban J connectivity index is 1.93. The van der Waals surface area contributed by atoms with Gasteiger partial charge in [-0.2, -0.15) is 0 Å². The molecule has 102 valence electrons. The van der Waals surface area contributed by atoms with Crippen molar-refractivity contribution in [2.75, 3.05) is 13.1 Å². The van der Waals surface area contributed by atoms with Crippen molar-refractivity contribution in [1.82, 2.24) is 14.9 Å². The highest BCUT2D eigenvalue weighted by Gasteiger charge is 2.17. The van der Waals surface area contributed by atoms with E-state index in [2.05, 4.69) is 42.9 Å². The van der Waals surface area contributed by atoms with E-state index in [1.807, 2.05) is 0 Å². The van der Waals surface area contributed by atoms with Gasteiger partial charge in [-0.1, -0.05) is 0 Å². The highest BCUT2D eigenvalue weighted by molar-refractivity contribution is 5.78. The smallest absolute Gasteiger partial charge is 0.109 e. The molecule has 0 spiro atoms. The zero-order chi connectivity index (χ0) is 13.4. The molecule has 0 saturated carbocycles. The van der Waals surface area contributed by atoms with Gasteiger partial charge in [0.25, 0.3) is 0 Å². The van der Waals surface area contributed by atoms with Gasteiger partial charge in [-0.05, 0) is 69.0 Å². The first-order valence-electron chi connectivity index (χ1n) is 7.28. The molecule has 1 aromatic carbocycles. The molecule has 1 atom stereocenters. The molecule has 1 aliphatic heterocycles. The molecular weight excluding hydrogens is 234 g/mol. The minimum Gasteiger partial charge on any atom is -0.331 e. The van der Waals surface area contributed by atoms with E-state index in [4.69, 9.17) is 4.98 Å².